The molecule has 0 fully saturated rings. The van der Waals surface area contributed by atoms with Crippen molar-refractivity contribution in [2.45, 2.75) is 4.90 Å². The van der Waals surface area contributed by atoms with Crippen molar-refractivity contribution in [1.82, 2.24) is 4.98 Å². The molecule has 100 valence electrons. The standard InChI is InChI=1S/C11H9BrClN3O2S/c12-10-5-8(6-15-11(10)13)16-19(17,18)9-3-1-2-7(14)4-9/h1-6,16H,14H2. The van der Waals surface area contributed by atoms with Crippen molar-refractivity contribution in [1.29, 1.82) is 0 Å². The summed E-state index contributed by atoms with van der Waals surface area (Å²) >= 11 is 8.91. The smallest absolute Gasteiger partial charge is 0.262 e. The van der Waals surface area contributed by atoms with Crippen LogP contribution in [0.15, 0.2) is 45.9 Å². The maximum Gasteiger partial charge on any atom is 0.262 e. The predicted octanol–water partition coefficient (Wildman–Crippen LogP) is 2.88. The van der Waals surface area contributed by atoms with Gasteiger partial charge in [-0.05, 0) is 40.2 Å². The first-order chi connectivity index (χ1) is 8.88. The average Bonchev–Trinajstić information content (AvgIpc) is 2.33. The molecular formula is C11H9BrClN3O2S. The molecule has 0 amide bonds. The molecule has 1 heterocycles. The Morgan fingerprint density at radius 1 is 1.32 bits per heavy atom. The van der Waals surface area contributed by atoms with Gasteiger partial charge in [-0.2, -0.15) is 0 Å². The summed E-state index contributed by atoms with van der Waals surface area (Å²) in [6, 6.07) is 7.54. The second kappa shape index (κ2) is 5.36. The van der Waals surface area contributed by atoms with Crippen LogP contribution in [0.3, 0.4) is 0 Å². The summed E-state index contributed by atoms with van der Waals surface area (Å²) in [5.74, 6) is 0. The van der Waals surface area contributed by atoms with E-state index in [1.54, 1.807) is 12.1 Å². The van der Waals surface area contributed by atoms with Crippen LogP contribution in [0.4, 0.5) is 11.4 Å². The highest BCUT2D eigenvalue weighted by Crippen LogP contribution is 2.24. The van der Waals surface area contributed by atoms with Crippen LogP contribution in [0.1, 0.15) is 0 Å². The van der Waals surface area contributed by atoms with E-state index >= 15 is 0 Å². The van der Waals surface area contributed by atoms with E-state index in [2.05, 4.69) is 25.6 Å². The fraction of sp³-hybridized carbons (Fsp3) is 0. The maximum atomic E-state index is 12.1. The first kappa shape index (κ1) is 14.1. The lowest BCUT2D eigenvalue weighted by molar-refractivity contribution is 0.601. The summed E-state index contributed by atoms with van der Waals surface area (Å²) in [5.41, 5.74) is 6.24. The van der Waals surface area contributed by atoms with Crippen LogP contribution < -0.4 is 10.5 Å². The van der Waals surface area contributed by atoms with E-state index in [0.717, 1.165) is 0 Å². The molecule has 5 nitrogen and oxygen atoms in total. The molecular weight excluding hydrogens is 354 g/mol. The van der Waals surface area contributed by atoms with E-state index in [0.29, 0.717) is 15.8 Å². The highest BCUT2D eigenvalue weighted by atomic mass is 79.9. The minimum atomic E-state index is -3.70. The first-order valence-electron chi connectivity index (χ1n) is 5.08. The number of halogens is 2. The minimum Gasteiger partial charge on any atom is -0.399 e. The van der Waals surface area contributed by atoms with Crippen LogP contribution in [0.5, 0.6) is 0 Å². The van der Waals surface area contributed by atoms with Gasteiger partial charge in [0.2, 0.25) is 0 Å². The SMILES string of the molecule is Nc1cccc(S(=O)(=O)Nc2cnc(Cl)c(Br)c2)c1. The summed E-state index contributed by atoms with van der Waals surface area (Å²) in [6.45, 7) is 0. The van der Waals surface area contributed by atoms with E-state index in [-0.39, 0.29) is 10.0 Å². The average molecular weight is 363 g/mol. The molecule has 3 N–H and O–H groups in total. The highest BCUT2D eigenvalue weighted by molar-refractivity contribution is 9.10. The maximum absolute atomic E-state index is 12.1. The number of pyridine rings is 1. The topological polar surface area (TPSA) is 85.1 Å². The zero-order valence-electron chi connectivity index (χ0n) is 9.47. The van der Waals surface area contributed by atoms with Gasteiger partial charge in [0, 0.05) is 5.69 Å². The Morgan fingerprint density at radius 2 is 2.05 bits per heavy atom. The Hall–Kier alpha value is -1.31. The lowest BCUT2D eigenvalue weighted by Gasteiger charge is -2.08. The second-order valence-corrected chi connectivity index (χ2v) is 6.57. The number of nitrogen functional groups attached to an aromatic ring is 1. The fourth-order valence-electron chi connectivity index (χ4n) is 1.37. The molecule has 0 spiro atoms. The van der Waals surface area contributed by atoms with Crippen molar-refractivity contribution in [3.63, 3.8) is 0 Å². The summed E-state index contributed by atoms with van der Waals surface area (Å²) in [7, 11) is -3.70. The zero-order chi connectivity index (χ0) is 14.0. The van der Waals surface area contributed by atoms with Crippen molar-refractivity contribution in [2.24, 2.45) is 0 Å². The van der Waals surface area contributed by atoms with E-state index in [4.69, 9.17) is 17.3 Å². The first-order valence-corrected chi connectivity index (χ1v) is 7.73. The van der Waals surface area contributed by atoms with Gasteiger partial charge in [-0.25, -0.2) is 13.4 Å². The molecule has 0 unspecified atom stereocenters. The van der Waals surface area contributed by atoms with Gasteiger partial charge >= 0.3 is 0 Å². The third-order valence-corrected chi connectivity index (χ3v) is 4.73. The van der Waals surface area contributed by atoms with Crippen molar-refractivity contribution in [3.8, 4) is 0 Å². The Balaban J connectivity index is 2.33. The highest BCUT2D eigenvalue weighted by Gasteiger charge is 2.15. The number of nitrogens with two attached hydrogens (primary N) is 1. The molecule has 1 aromatic carbocycles. The van der Waals surface area contributed by atoms with Crippen LogP contribution in [0.25, 0.3) is 0 Å². The van der Waals surface area contributed by atoms with Crippen molar-refractivity contribution in [3.05, 3.63) is 46.2 Å². The molecule has 0 aliphatic rings. The number of hydrogen-bond donors (Lipinski definition) is 2. The lowest BCUT2D eigenvalue weighted by Crippen LogP contribution is -2.13. The van der Waals surface area contributed by atoms with E-state index in [1.807, 2.05) is 0 Å². The molecule has 0 radical (unpaired) electrons. The van der Waals surface area contributed by atoms with Crippen molar-refractivity contribution in [2.75, 3.05) is 10.5 Å². The summed E-state index contributed by atoms with van der Waals surface area (Å²) in [6.07, 6.45) is 1.33. The van der Waals surface area contributed by atoms with Crippen LogP contribution in [-0.2, 0) is 10.0 Å². The Bertz CT molecular complexity index is 722. The Kier molecular flexibility index (Phi) is 3.98. The normalized spacial score (nSPS) is 11.3. The van der Waals surface area contributed by atoms with E-state index < -0.39 is 10.0 Å². The predicted molar refractivity (Wildman–Crippen MR) is 78.6 cm³/mol. The van der Waals surface area contributed by atoms with Gasteiger partial charge in [-0.1, -0.05) is 17.7 Å². The monoisotopic (exact) mass is 361 g/mol. The van der Waals surface area contributed by atoms with Gasteiger partial charge in [0.05, 0.1) is 21.3 Å². The summed E-state index contributed by atoms with van der Waals surface area (Å²) in [5, 5.41) is 0.256. The van der Waals surface area contributed by atoms with Gasteiger partial charge in [-0.3, -0.25) is 4.72 Å². The van der Waals surface area contributed by atoms with Crippen molar-refractivity contribution < 1.29 is 8.42 Å². The second-order valence-electron chi connectivity index (χ2n) is 3.67. The fourth-order valence-corrected chi connectivity index (χ4v) is 2.91. The molecule has 0 atom stereocenters. The molecule has 19 heavy (non-hydrogen) atoms. The van der Waals surface area contributed by atoms with Crippen LogP contribution in [0.2, 0.25) is 5.15 Å². The molecule has 0 bridgehead atoms. The molecule has 0 saturated heterocycles. The quantitative estimate of drug-likeness (QED) is 0.649. The number of nitrogens with zero attached hydrogens (tertiary/aromatic N) is 1. The van der Waals surface area contributed by atoms with Crippen LogP contribution >= 0.6 is 27.5 Å². The molecule has 1 aromatic heterocycles. The molecule has 0 aliphatic carbocycles. The largest absolute Gasteiger partial charge is 0.399 e. The number of aromatic nitrogens is 1. The third kappa shape index (κ3) is 3.37. The Morgan fingerprint density at radius 3 is 2.68 bits per heavy atom. The number of nitrogens with one attached hydrogen (secondary N) is 1. The van der Waals surface area contributed by atoms with Crippen LogP contribution in [-0.4, -0.2) is 13.4 Å². The zero-order valence-corrected chi connectivity index (χ0v) is 12.6. The number of hydrogen-bond acceptors (Lipinski definition) is 4. The number of anilines is 2. The number of sulfonamides is 1. The molecule has 8 heteroatoms. The van der Waals surface area contributed by atoms with Gasteiger partial charge in [-0.15, -0.1) is 0 Å². The number of rotatable bonds is 3. The van der Waals surface area contributed by atoms with Gasteiger partial charge in [0.1, 0.15) is 5.15 Å². The van der Waals surface area contributed by atoms with Gasteiger partial charge in [0.15, 0.2) is 0 Å². The summed E-state index contributed by atoms with van der Waals surface area (Å²) < 4.78 is 27.1. The minimum absolute atomic E-state index is 0.0820. The summed E-state index contributed by atoms with van der Waals surface area (Å²) in [4.78, 5) is 3.92. The molecule has 2 aromatic rings. The lowest BCUT2D eigenvalue weighted by atomic mass is 10.3. The van der Waals surface area contributed by atoms with Crippen LogP contribution in [0, 0.1) is 0 Å². The molecule has 0 aliphatic heterocycles. The van der Waals surface area contributed by atoms with E-state index in [1.165, 1.54) is 24.4 Å². The van der Waals surface area contributed by atoms with Crippen molar-refractivity contribution >= 4 is 48.9 Å². The van der Waals surface area contributed by atoms with E-state index in [9.17, 15) is 8.42 Å². The Labute approximate surface area is 124 Å². The number of benzene rings is 1. The molecule has 0 saturated carbocycles. The third-order valence-electron chi connectivity index (χ3n) is 2.22. The van der Waals surface area contributed by atoms with Gasteiger partial charge < -0.3 is 5.73 Å². The van der Waals surface area contributed by atoms with Gasteiger partial charge in [0.25, 0.3) is 10.0 Å². The molecule has 2 rings (SSSR count).